The van der Waals surface area contributed by atoms with Gasteiger partial charge in [-0.25, -0.2) is 10.9 Å². The van der Waals surface area contributed by atoms with Gasteiger partial charge in [-0.05, 0) is 36.4 Å². The van der Waals surface area contributed by atoms with E-state index in [0.717, 1.165) is 5.01 Å². The van der Waals surface area contributed by atoms with E-state index in [1.165, 1.54) is 6.20 Å². The number of hydrogen-bond donors (Lipinski definition) is 3. The average Bonchev–Trinajstić information content (AvgIpc) is 2.46. The van der Waals surface area contributed by atoms with E-state index in [0.29, 0.717) is 16.8 Å². The monoisotopic (exact) mass is 255 g/mol. The van der Waals surface area contributed by atoms with Gasteiger partial charge in [0.15, 0.2) is 5.78 Å². The Balaban J connectivity index is 2.24. The highest BCUT2D eigenvalue weighted by atomic mass is 16.1. The van der Waals surface area contributed by atoms with Crippen LogP contribution in [-0.4, -0.2) is 16.7 Å². The van der Waals surface area contributed by atoms with Gasteiger partial charge in [0.05, 0.1) is 5.69 Å². The van der Waals surface area contributed by atoms with Crippen LogP contribution in [0.2, 0.25) is 0 Å². The van der Waals surface area contributed by atoms with E-state index in [9.17, 15) is 4.79 Å². The topological polar surface area (TPSA) is 109 Å². The van der Waals surface area contributed by atoms with E-state index in [1.54, 1.807) is 42.6 Å². The average molecular weight is 255 g/mol. The van der Waals surface area contributed by atoms with Crippen LogP contribution < -0.4 is 16.6 Å². The quantitative estimate of drug-likeness (QED) is 0.248. The normalized spacial score (nSPS) is 9.95. The molecular formula is C13H13N5O. The molecule has 19 heavy (non-hydrogen) atoms. The standard InChI is InChI=1S/C13H13N5O/c14-13(15)18(16)11-5-3-9(4-6-11)12(19)10-2-1-7-17-8-10/h1-8H,16H2,(H3,14,15). The lowest BCUT2D eigenvalue weighted by Crippen LogP contribution is -2.42. The first kappa shape index (κ1) is 12.7. The molecule has 0 saturated heterocycles. The minimum absolute atomic E-state index is 0.119. The van der Waals surface area contributed by atoms with Gasteiger partial charge < -0.3 is 5.73 Å². The number of anilines is 1. The fourth-order valence-electron chi connectivity index (χ4n) is 1.58. The molecule has 2 rings (SSSR count). The number of nitrogens with one attached hydrogen (secondary N) is 1. The van der Waals surface area contributed by atoms with Gasteiger partial charge in [0.25, 0.3) is 0 Å². The van der Waals surface area contributed by atoms with E-state index in [-0.39, 0.29) is 11.7 Å². The number of carbonyl (C=O) groups is 1. The first-order valence-corrected chi connectivity index (χ1v) is 5.53. The Morgan fingerprint density at radius 2 is 1.84 bits per heavy atom. The van der Waals surface area contributed by atoms with Crippen LogP contribution in [-0.2, 0) is 0 Å². The molecule has 0 fully saturated rings. The van der Waals surface area contributed by atoms with Gasteiger partial charge in [-0.1, -0.05) is 0 Å². The van der Waals surface area contributed by atoms with Gasteiger partial charge in [-0.3, -0.25) is 15.2 Å². The summed E-state index contributed by atoms with van der Waals surface area (Å²) in [4.78, 5) is 16.0. The number of ketones is 1. The first-order valence-electron chi connectivity index (χ1n) is 5.53. The Kier molecular flexibility index (Phi) is 3.53. The summed E-state index contributed by atoms with van der Waals surface area (Å²) < 4.78 is 0. The molecule has 0 radical (unpaired) electrons. The number of pyridine rings is 1. The SMILES string of the molecule is N=C(N)N(N)c1ccc(C(=O)c2cccnc2)cc1. The Bertz CT molecular complexity index is 594. The van der Waals surface area contributed by atoms with Crippen LogP contribution in [0.4, 0.5) is 5.69 Å². The molecule has 0 aliphatic heterocycles. The Hall–Kier alpha value is -2.73. The molecule has 1 aromatic heterocycles. The second-order valence-corrected chi connectivity index (χ2v) is 3.87. The Labute approximate surface area is 110 Å². The maximum absolute atomic E-state index is 12.1. The zero-order valence-corrected chi connectivity index (χ0v) is 10.1. The van der Waals surface area contributed by atoms with Crippen LogP contribution in [0.3, 0.4) is 0 Å². The highest BCUT2D eigenvalue weighted by molar-refractivity contribution is 6.09. The van der Waals surface area contributed by atoms with Crippen LogP contribution in [0.25, 0.3) is 0 Å². The van der Waals surface area contributed by atoms with E-state index in [1.807, 2.05) is 0 Å². The summed E-state index contributed by atoms with van der Waals surface area (Å²) in [6.07, 6.45) is 3.13. The van der Waals surface area contributed by atoms with Crippen molar-refractivity contribution in [3.05, 3.63) is 59.9 Å². The Morgan fingerprint density at radius 1 is 1.16 bits per heavy atom. The van der Waals surface area contributed by atoms with Crippen molar-refractivity contribution in [2.45, 2.75) is 0 Å². The zero-order chi connectivity index (χ0) is 13.8. The van der Waals surface area contributed by atoms with Crippen LogP contribution in [0.5, 0.6) is 0 Å². The smallest absolute Gasteiger partial charge is 0.207 e. The number of hydrogen-bond acceptors (Lipinski definition) is 4. The molecule has 96 valence electrons. The summed E-state index contributed by atoms with van der Waals surface area (Å²) >= 11 is 0. The van der Waals surface area contributed by atoms with E-state index >= 15 is 0 Å². The van der Waals surface area contributed by atoms with Crippen molar-refractivity contribution in [2.75, 3.05) is 5.01 Å². The molecule has 2 aromatic rings. The van der Waals surface area contributed by atoms with Crippen molar-refractivity contribution in [3.63, 3.8) is 0 Å². The molecule has 1 heterocycles. The van der Waals surface area contributed by atoms with Gasteiger partial charge >= 0.3 is 0 Å². The summed E-state index contributed by atoms with van der Waals surface area (Å²) in [7, 11) is 0. The van der Waals surface area contributed by atoms with Crippen LogP contribution >= 0.6 is 0 Å². The molecule has 6 nitrogen and oxygen atoms in total. The number of rotatable bonds is 3. The first-order chi connectivity index (χ1) is 9.09. The van der Waals surface area contributed by atoms with Crippen molar-refractivity contribution in [1.29, 1.82) is 5.41 Å². The number of hydrazine groups is 1. The van der Waals surface area contributed by atoms with Gasteiger partial charge in [-0.15, -0.1) is 0 Å². The lowest BCUT2D eigenvalue weighted by molar-refractivity contribution is 0.103. The summed E-state index contributed by atoms with van der Waals surface area (Å²) in [5.41, 5.74) is 6.84. The molecule has 0 atom stereocenters. The molecule has 0 aliphatic rings. The molecule has 0 spiro atoms. The third-order valence-electron chi connectivity index (χ3n) is 2.59. The molecule has 1 aromatic carbocycles. The van der Waals surface area contributed by atoms with Gasteiger partial charge in [0.1, 0.15) is 0 Å². The van der Waals surface area contributed by atoms with Crippen LogP contribution in [0, 0.1) is 5.41 Å². The summed E-state index contributed by atoms with van der Waals surface area (Å²) in [6.45, 7) is 0. The fraction of sp³-hybridized carbons (Fsp3) is 0. The molecule has 6 heteroatoms. The number of guanidine groups is 1. The third kappa shape index (κ3) is 2.75. The number of nitrogens with zero attached hydrogens (tertiary/aromatic N) is 2. The third-order valence-corrected chi connectivity index (χ3v) is 2.59. The number of carbonyl (C=O) groups excluding carboxylic acids is 1. The molecule has 0 amide bonds. The summed E-state index contributed by atoms with van der Waals surface area (Å²) in [6, 6.07) is 9.93. The maximum atomic E-state index is 12.1. The highest BCUT2D eigenvalue weighted by Crippen LogP contribution is 2.15. The van der Waals surface area contributed by atoms with Crippen molar-refractivity contribution in [3.8, 4) is 0 Å². The molecule has 0 saturated carbocycles. The van der Waals surface area contributed by atoms with Crippen molar-refractivity contribution >= 4 is 17.4 Å². The molecule has 5 N–H and O–H groups in total. The van der Waals surface area contributed by atoms with E-state index in [2.05, 4.69) is 4.98 Å². The molecule has 0 aliphatic carbocycles. The van der Waals surface area contributed by atoms with Gasteiger partial charge in [-0.2, -0.15) is 0 Å². The molecule has 0 unspecified atom stereocenters. The summed E-state index contributed by atoms with van der Waals surface area (Å²) in [5, 5.41) is 8.24. The summed E-state index contributed by atoms with van der Waals surface area (Å²) in [5.74, 6) is 5.17. The van der Waals surface area contributed by atoms with Crippen LogP contribution in [0.1, 0.15) is 15.9 Å². The lowest BCUT2D eigenvalue weighted by Gasteiger charge is -2.15. The predicted octanol–water partition coefficient (Wildman–Crippen LogP) is 0.886. The van der Waals surface area contributed by atoms with Crippen molar-refractivity contribution in [2.24, 2.45) is 11.6 Å². The van der Waals surface area contributed by atoms with Gasteiger partial charge in [0, 0.05) is 23.5 Å². The second-order valence-electron chi connectivity index (χ2n) is 3.87. The lowest BCUT2D eigenvalue weighted by atomic mass is 10.0. The van der Waals surface area contributed by atoms with Crippen LogP contribution in [0.15, 0.2) is 48.8 Å². The van der Waals surface area contributed by atoms with Crippen molar-refractivity contribution < 1.29 is 4.79 Å². The molecule has 0 bridgehead atoms. The van der Waals surface area contributed by atoms with Crippen molar-refractivity contribution in [1.82, 2.24) is 4.98 Å². The van der Waals surface area contributed by atoms with Gasteiger partial charge in [0.2, 0.25) is 5.96 Å². The van der Waals surface area contributed by atoms with E-state index < -0.39 is 0 Å². The maximum Gasteiger partial charge on any atom is 0.207 e. The second kappa shape index (κ2) is 5.28. The minimum Gasteiger partial charge on any atom is -0.369 e. The number of aromatic nitrogens is 1. The Morgan fingerprint density at radius 3 is 2.37 bits per heavy atom. The fourth-order valence-corrected chi connectivity index (χ4v) is 1.58. The number of nitrogens with two attached hydrogens (primary N) is 2. The molecular weight excluding hydrogens is 242 g/mol. The predicted molar refractivity (Wildman–Crippen MR) is 72.7 cm³/mol. The minimum atomic E-state index is -0.272. The zero-order valence-electron chi connectivity index (χ0n) is 10.1. The highest BCUT2D eigenvalue weighted by Gasteiger charge is 2.10. The number of benzene rings is 1. The largest absolute Gasteiger partial charge is 0.369 e. The van der Waals surface area contributed by atoms with E-state index in [4.69, 9.17) is 17.0 Å².